The van der Waals surface area contributed by atoms with E-state index in [2.05, 4.69) is 6.58 Å². The van der Waals surface area contributed by atoms with Crippen LogP contribution in [0.3, 0.4) is 0 Å². The van der Waals surface area contributed by atoms with Crippen molar-refractivity contribution in [1.82, 2.24) is 0 Å². The molecule has 3 aliphatic rings. The van der Waals surface area contributed by atoms with E-state index in [1.54, 1.807) is 6.08 Å². The number of hydrogen-bond acceptors (Lipinski definition) is 4. The van der Waals surface area contributed by atoms with Gasteiger partial charge >= 0.3 is 5.97 Å². The smallest absolute Gasteiger partial charge is 0.334 e. The number of carbonyl (C=O) groups is 1. The fourth-order valence-corrected chi connectivity index (χ4v) is 3.67. The van der Waals surface area contributed by atoms with Crippen LogP contribution >= 0.6 is 0 Å². The van der Waals surface area contributed by atoms with Crippen molar-refractivity contribution >= 4 is 5.97 Å². The molecular formula is C15H18O4. The summed E-state index contributed by atoms with van der Waals surface area (Å²) in [7, 11) is 0. The van der Waals surface area contributed by atoms with Crippen molar-refractivity contribution in [3.63, 3.8) is 0 Å². The number of hydrogen-bond donors (Lipinski definition) is 2. The van der Waals surface area contributed by atoms with Crippen LogP contribution in [0, 0.1) is 11.8 Å². The molecule has 0 aromatic heterocycles. The Hall–Kier alpha value is -1.39. The quantitative estimate of drug-likeness (QED) is 0.390. The third-order valence-electron chi connectivity index (χ3n) is 4.80. The van der Waals surface area contributed by atoms with Crippen molar-refractivity contribution in [3.05, 3.63) is 35.5 Å². The van der Waals surface area contributed by atoms with Crippen LogP contribution in [-0.2, 0) is 9.53 Å². The van der Waals surface area contributed by atoms with Crippen molar-refractivity contribution in [3.8, 4) is 0 Å². The van der Waals surface area contributed by atoms with E-state index >= 15 is 0 Å². The second-order valence-electron chi connectivity index (χ2n) is 5.82. The first-order valence-electron chi connectivity index (χ1n) is 6.52. The van der Waals surface area contributed by atoms with Gasteiger partial charge in [0.2, 0.25) is 0 Å². The Kier molecular flexibility index (Phi) is 2.53. The standard InChI is InChI=1S/C15H18O4/c1-7-4-5-15(18)8(2)6-10(16)11-9(3)14(17)19-13(11)12(7)15/h4,6,10-13,16,18H,3,5H2,1-2H3/t10-,11+,12+,13-,15+/m0/s1. The maximum absolute atomic E-state index is 11.7. The lowest BCUT2D eigenvalue weighted by molar-refractivity contribution is -0.144. The van der Waals surface area contributed by atoms with E-state index in [9.17, 15) is 15.0 Å². The van der Waals surface area contributed by atoms with Crippen LogP contribution in [-0.4, -0.2) is 34.0 Å². The molecule has 1 heterocycles. The number of rotatable bonds is 0. The first-order valence-corrected chi connectivity index (χ1v) is 6.52. The van der Waals surface area contributed by atoms with Gasteiger partial charge in [-0.25, -0.2) is 4.79 Å². The molecule has 0 aromatic carbocycles. The second kappa shape index (κ2) is 3.81. The Labute approximate surface area is 112 Å². The van der Waals surface area contributed by atoms with Gasteiger partial charge in [0, 0.05) is 5.57 Å². The minimum atomic E-state index is -1.06. The third-order valence-corrected chi connectivity index (χ3v) is 4.80. The first kappa shape index (κ1) is 12.6. The van der Waals surface area contributed by atoms with Gasteiger partial charge in [0.1, 0.15) is 6.10 Å². The Bertz CT molecular complexity index is 530. The van der Waals surface area contributed by atoms with Gasteiger partial charge in [-0.3, -0.25) is 0 Å². The van der Waals surface area contributed by atoms with Gasteiger partial charge in [-0.2, -0.15) is 0 Å². The minimum Gasteiger partial charge on any atom is -0.457 e. The lowest BCUT2D eigenvalue weighted by Gasteiger charge is -2.35. The predicted octanol–water partition coefficient (Wildman–Crippen LogP) is 1.10. The molecule has 0 amide bonds. The van der Waals surface area contributed by atoms with E-state index < -0.39 is 29.7 Å². The number of carbonyl (C=O) groups excluding carboxylic acids is 1. The van der Waals surface area contributed by atoms with Crippen molar-refractivity contribution in [2.45, 2.75) is 38.1 Å². The van der Waals surface area contributed by atoms with Crippen LogP contribution in [0.15, 0.2) is 35.5 Å². The van der Waals surface area contributed by atoms with E-state index in [0.29, 0.717) is 12.0 Å². The minimum absolute atomic E-state index is 0.297. The summed E-state index contributed by atoms with van der Waals surface area (Å²) in [6.45, 7) is 7.48. The van der Waals surface area contributed by atoms with E-state index in [4.69, 9.17) is 4.74 Å². The first-order chi connectivity index (χ1) is 8.86. The predicted molar refractivity (Wildman–Crippen MR) is 69.1 cm³/mol. The number of aliphatic hydroxyl groups is 2. The zero-order chi connectivity index (χ0) is 13.9. The molecule has 1 aliphatic heterocycles. The molecule has 19 heavy (non-hydrogen) atoms. The summed E-state index contributed by atoms with van der Waals surface area (Å²) in [5.74, 6) is -1.24. The maximum Gasteiger partial charge on any atom is 0.334 e. The Morgan fingerprint density at radius 3 is 2.84 bits per heavy atom. The molecule has 2 aliphatic carbocycles. The molecule has 0 radical (unpaired) electrons. The molecule has 4 nitrogen and oxygen atoms in total. The number of aliphatic hydroxyl groups excluding tert-OH is 1. The average molecular weight is 262 g/mol. The fraction of sp³-hybridized carbons (Fsp3) is 0.533. The normalized spacial score (nSPS) is 45.1. The van der Waals surface area contributed by atoms with Gasteiger partial charge < -0.3 is 14.9 Å². The highest BCUT2D eigenvalue weighted by Crippen LogP contribution is 2.50. The van der Waals surface area contributed by atoms with E-state index in [1.165, 1.54) is 0 Å². The largest absolute Gasteiger partial charge is 0.457 e. The third kappa shape index (κ3) is 1.50. The number of fused-ring (bicyclic) bond motifs is 3. The van der Waals surface area contributed by atoms with Crippen molar-refractivity contribution in [2.24, 2.45) is 11.8 Å². The molecule has 1 saturated heterocycles. The molecule has 0 unspecified atom stereocenters. The number of ether oxygens (including phenoxy) is 1. The zero-order valence-electron chi connectivity index (χ0n) is 11.1. The highest BCUT2D eigenvalue weighted by atomic mass is 16.6. The SMILES string of the molecule is C=C1C(=O)O[C@H]2[C@H]1[C@@H](O)C=C(C)[C@]1(O)CC=C(C)[C@H]21. The molecule has 102 valence electrons. The van der Waals surface area contributed by atoms with Crippen LogP contribution in [0.2, 0.25) is 0 Å². The van der Waals surface area contributed by atoms with E-state index in [-0.39, 0.29) is 5.92 Å². The average Bonchev–Trinajstić information content (AvgIpc) is 2.76. The molecule has 0 spiro atoms. The molecule has 5 atom stereocenters. The fourth-order valence-electron chi connectivity index (χ4n) is 3.67. The van der Waals surface area contributed by atoms with Crippen LogP contribution in [0.25, 0.3) is 0 Å². The molecule has 0 aromatic rings. The van der Waals surface area contributed by atoms with Gasteiger partial charge in [-0.05, 0) is 25.8 Å². The van der Waals surface area contributed by atoms with Crippen LogP contribution in [0.4, 0.5) is 0 Å². The Morgan fingerprint density at radius 1 is 1.47 bits per heavy atom. The summed E-state index contributed by atoms with van der Waals surface area (Å²) in [6.07, 6.45) is 2.73. The molecule has 0 saturated carbocycles. The highest BCUT2D eigenvalue weighted by Gasteiger charge is 2.57. The Morgan fingerprint density at radius 2 is 2.16 bits per heavy atom. The summed E-state index contributed by atoms with van der Waals surface area (Å²) in [4.78, 5) is 11.7. The van der Waals surface area contributed by atoms with Crippen LogP contribution < -0.4 is 0 Å². The van der Waals surface area contributed by atoms with Crippen molar-refractivity contribution in [1.29, 1.82) is 0 Å². The van der Waals surface area contributed by atoms with Gasteiger partial charge in [-0.15, -0.1) is 0 Å². The molecule has 4 heteroatoms. The topological polar surface area (TPSA) is 66.8 Å². The summed E-state index contributed by atoms with van der Waals surface area (Å²) in [5, 5.41) is 21.2. The van der Waals surface area contributed by atoms with Gasteiger partial charge in [-0.1, -0.05) is 24.3 Å². The highest BCUT2D eigenvalue weighted by molar-refractivity contribution is 5.91. The summed E-state index contributed by atoms with van der Waals surface area (Å²) < 4.78 is 5.39. The molecule has 0 bridgehead atoms. The lowest BCUT2D eigenvalue weighted by atomic mass is 9.76. The second-order valence-corrected chi connectivity index (χ2v) is 5.82. The summed E-state index contributed by atoms with van der Waals surface area (Å²) in [6, 6.07) is 0. The van der Waals surface area contributed by atoms with E-state index in [0.717, 1.165) is 11.1 Å². The maximum atomic E-state index is 11.7. The van der Waals surface area contributed by atoms with Gasteiger partial charge in [0.25, 0.3) is 0 Å². The lowest BCUT2D eigenvalue weighted by Crippen LogP contribution is -2.44. The van der Waals surface area contributed by atoms with E-state index in [1.807, 2.05) is 19.9 Å². The van der Waals surface area contributed by atoms with Crippen molar-refractivity contribution in [2.75, 3.05) is 0 Å². The summed E-state index contributed by atoms with van der Waals surface area (Å²) >= 11 is 0. The number of esters is 1. The van der Waals surface area contributed by atoms with Crippen molar-refractivity contribution < 1.29 is 19.7 Å². The van der Waals surface area contributed by atoms with Gasteiger partial charge in [0.05, 0.1) is 23.5 Å². The summed E-state index contributed by atoms with van der Waals surface area (Å²) in [5.41, 5.74) is 0.971. The monoisotopic (exact) mass is 262 g/mol. The molecular weight excluding hydrogens is 244 g/mol. The van der Waals surface area contributed by atoms with Gasteiger partial charge in [0.15, 0.2) is 0 Å². The molecule has 3 rings (SSSR count). The van der Waals surface area contributed by atoms with Crippen LogP contribution in [0.5, 0.6) is 0 Å². The van der Waals surface area contributed by atoms with Crippen LogP contribution in [0.1, 0.15) is 20.3 Å². The molecule has 2 N–H and O–H groups in total. The molecule has 1 fully saturated rings. The zero-order valence-corrected chi connectivity index (χ0v) is 11.1. The Balaban J connectivity index is 2.14.